The van der Waals surface area contributed by atoms with E-state index in [9.17, 15) is 10.1 Å². The Balaban J connectivity index is 1.54. The lowest BCUT2D eigenvalue weighted by Gasteiger charge is -2.43. The van der Waals surface area contributed by atoms with Gasteiger partial charge >= 0.3 is 0 Å². The van der Waals surface area contributed by atoms with Crippen LogP contribution in [0, 0.1) is 11.3 Å². The molecule has 0 unspecified atom stereocenters. The van der Waals surface area contributed by atoms with E-state index in [-0.39, 0.29) is 11.9 Å². The maximum absolute atomic E-state index is 13.0. The number of rotatable bonds is 5. The Kier molecular flexibility index (Phi) is 5.81. The number of nitrogens with zero attached hydrogens (tertiary/aromatic N) is 8. The molecule has 0 spiro atoms. The first-order valence-corrected chi connectivity index (χ1v) is 11.9. The molecule has 5 rings (SSSR count). The van der Waals surface area contributed by atoms with Crippen molar-refractivity contribution in [2.45, 2.75) is 38.8 Å². The molecule has 0 aliphatic carbocycles. The topological polar surface area (TPSA) is 103 Å². The van der Waals surface area contributed by atoms with Crippen LogP contribution in [0.2, 0.25) is 0 Å². The van der Waals surface area contributed by atoms with Crippen LogP contribution in [0.1, 0.15) is 32.8 Å². The number of ether oxygens (including phenoxy) is 1. The zero-order chi connectivity index (χ0) is 24.7. The summed E-state index contributed by atoms with van der Waals surface area (Å²) in [6.45, 7) is 9.53. The third-order valence-corrected chi connectivity index (χ3v) is 7.07. The summed E-state index contributed by atoms with van der Waals surface area (Å²) in [4.78, 5) is 33.3. The molecule has 0 N–H and O–H groups in total. The zero-order valence-electron chi connectivity index (χ0n) is 20.6. The van der Waals surface area contributed by atoms with Crippen molar-refractivity contribution >= 4 is 28.4 Å². The molecule has 0 bridgehead atoms. The molecule has 182 valence electrons. The normalized spacial score (nSPS) is 18.5. The number of fused-ring (bicyclic) bond motifs is 1. The van der Waals surface area contributed by atoms with Gasteiger partial charge in [0.1, 0.15) is 23.6 Å². The second-order valence-electron chi connectivity index (χ2n) is 9.64. The highest BCUT2D eigenvalue weighted by Gasteiger charge is 2.37. The van der Waals surface area contributed by atoms with Crippen LogP contribution in [0.15, 0.2) is 30.9 Å². The molecule has 35 heavy (non-hydrogen) atoms. The van der Waals surface area contributed by atoms with Crippen molar-refractivity contribution in [1.82, 2.24) is 24.4 Å². The van der Waals surface area contributed by atoms with E-state index < -0.39 is 5.60 Å². The Hall–Kier alpha value is -3.71. The molecule has 0 saturated carbocycles. The molecule has 2 aliphatic rings. The second kappa shape index (κ2) is 8.82. The van der Waals surface area contributed by atoms with Crippen molar-refractivity contribution < 1.29 is 9.53 Å². The number of aromatic nitrogens is 4. The van der Waals surface area contributed by atoms with Gasteiger partial charge in [0, 0.05) is 58.3 Å². The fourth-order valence-electron chi connectivity index (χ4n) is 4.74. The Morgan fingerprint density at radius 2 is 1.97 bits per heavy atom. The summed E-state index contributed by atoms with van der Waals surface area (Å²) in [5.74, 6) is 1.50. The Bertz CT molecular complexity index is 1310. The molecule has 2 fully saturated rings. The highest BCUT2D eigenvalue weighted by atomic mass is 16.5. The molecule has 2 aliphatic heterocycles. The molecule has 10 nitrogen and oxygen atoms in total. The number of carbonyl (C=O) groups excluding carboxylic acids is 1. The molecule has 0 aromatic carbocycles. The van der Waals surface area contributed by atoms with Gasteiger partial charge in [0.25, 0.3) is 5.91 Å². The van der Waals surface area contributed by atoms with Crippen LogP contribution in [0.4, 0.5) is 11.5 Å². The lowest BCUT2D eigenvalue weighted by Crippen LogP contribution is -2.59. The summed E-state index contributed by atoms with van der Waals surface area (Å²) < 4.78 is 7.38. The molecule has 1 amide bonds. The minimum Gasteiger partial charge on any atom is -0.369 e. The largest absolute Gasteiger partial charge is 0.369 e. The van der Waals surface area contributed by atoms with E-state index in [0.717, 1.165) is 42.0 Å². The smallest absolute Gasteiger partial charge is 0.254 e. The molecule has 0 radical (unpaired) electrons. The van der Waals surface area contributed by atoms with E-state index in [1.807, 2.05) is 9.47 Å². The van der Waals surface area contributed by atoms with Gasteiger partial charge in [0.2, 0.25) is 0 Å². The summed E-state index contributed by atoms with van der Waals surface area (Å²) in [6, 6.07) is 5.65. The number of hydrogen-bond donors (Lipinski definition) is 0. The lowest BCUT2D eigenvalue weighted by molar-refractivity contribution is -0.153. The summed E-state index contributed by atoms with van der Waals surface area (Å²) in [5, 5.41) is 10.3. The first kappa shape index (κ1) is 23.1. The van der Waals surface area contributed by atoms with Crippen LogP contribution in [-0.2, 0) is 9.53 Å². The van der Waals surface area contributed by atoms with Crippen molar-refractivity contribution in [3.05, 3.63) is 36.4 Å². The van der Waals surface area contributed by atoms with E-state index in [1.54, 1.807) is 45.6 Å². The van der Waals surface area contributed by atoms with Gasteiger partial charge in [-0.25, -0.2) is 15.0 Å². The van der Waals surface area contributed by atoms with Crippen molar-refractivity contribution in [2.24, 2.45) is 0 Å². The van der Waals surface area contributed by atoms with Gasteiger partial charge in [-0.05, 0) is 39.3 Å². The van der Waals surface area contributed by atoms with Crippen LogP contribution in [0.25, 0.3) is 16.9 Å². The van der Waals surface area contributed by atoms with Gasteiger partial charge in [0.05, 0.1) is 22.7 Å². The van der Waals surface area contributed by atoms with E-state index in [2.05, 4.69) is 39.0 Å². The predicted molar refractivity (Wildman–Crippen MR) is 133 cm³/mol. The molecule has 5 heterocycles. The number of nitriles is 1. The summed E-state index contributed by atoms with van der Waals surface area (Å²) >= 11 is 0. The van der Waals surface area contributed by atoms with Gasteiger partial charge in [-0.3, -0.25) is 9.36 Å². The van der Waals surface area contributed by atoms with E-state index in [0.29, 0.717) is 31.0 Å². The minimum atomic E-state index is -0.856. The Morgan fingerprint density at radius 1 is 1.17 bits per heavy atom. The summed E-state index contributed by atoms with van der Waals surface area (Å²) in [7, 11) is 1.57. The number of hydrogen-bond acceptors (Lipinski definition) is 8. The van der Waals surface area contributed by atoms with Gasteiger partial charge in [-0.2, -0.15) is 5.26 Å². The van der Waals surface area contributed by atoms with Gasteiger partial charge < -0.3 is 19.4 Å². The molecule has 10 heteroatoms. The van der Waals surface area contributed by atoms with Crippen LogP contribution in [0.3, 0.4) is 0 Å². The molecule has 1 atom stereocenters. The van der Waals surface area contributed by atoms with Crippen LogP contribution < -0.4 is 9.80 Å². The van der Waals surface area contributed by atoms with Gasteiger partial charge in [-0.15, -0.1) is 0 Å². The molecule has 3 aromatic rings. The second-order valence-corrected chi connectivity index (χ2v) is 9.64. The fraction of sp³-hybridized carbons (Fsp3) is 0.480. The number of carbonyl (C=O) groups is 1. The van der Waals surface area contributed by atoms with Crippen molar-refractivity contribution in [3.63, 3.8) is 0 Å². The third-order valence-electron chi connectivity index (χ3n) is 7.07. The highest BCUT2D eigenvalue weighted by molar-refractivity contribution is 6.01. The fourth-order valence-corrected chi connectivity index (χ4v) is 4.74. The number of anilines is 2. The van der Waals surface area contributed by atoms with Crippen LogP contribution in [0.5, 0.6) is 0 Å². The van der Waals surface area contributed by atoms with E-state index in [1.165, 1.54) is 0 Å². The number of amides is 1. The average Bonchev–Trinajstić information content (AvgIpc) is 3.22. The maximum Gasteiger partial charge on any atom is 0.254 e. The molecular weight excluding hydrogens is 444 g/mol. The average molecular weight is 475 g/mol. The Labute approximate surface area is 204 Å². The standard InChI is InChI=1S/C25H30N8O2/c1-17-14-31(10-11-32(17)24(34)25(2,3)35-4)22-21-19(30-8-5-9-30)15-33(23(21)29-16-28-22)20-12-18(13-26)6-7-27-20/h6-7,12,15-17H,5,8-11,14H2,1-4H3/t17-/m1/s1. The quantitative estimate of drug-likeness (QED) is 0.555. The third kappa shape index (κ3) is 3.96. The zero-order valence-corrected chi connectivity index (χ0v) is 20.6. The number of pyridine rings is 1. The van der Waals surface area contributed by atoms with E-state index >= 15 is 0 Å². The molecule has 3 aromatic heterocycles. The monoisotopic (exact) mass is 474 g/mol. The highest BCUT2D eigenvalue weighted by Crippen LogP contribution is 2.38. The van der Waals surface area contributed by atoms with Gasteiger partial charge in [0.15, 0.2) is 5.65 Å². The first-order valence-electron chi connectivity index (χ1n) is 11.9. The van der Waals surface area contributed by atoms with Crippen molar-refractivity contribution in [1.29, 1.82) is 5.26 Å². The maximum atomic E-state index is 13.0. The van der Waals surface area contributed by atoms with Crippen LogP contribution >= 0.6 is 0 Å². The summed E-state index contributed by atoms with van der Waals surface area (Å²) in [6.07, 6.45) is 6.42. The summed E-state index contributed by atoms with van der Waals surface area (Å²) in [5.41, 5.74) is 1.51. The Morgan fingerprint density at radius 3 is 2.63 bits per heavy atom. The van der Waals surface area contributed by atoms with Crippen LogP contribution in [-0.4, -0.2) is 81.8 Å². The van der Waals surface area contributed by atoms with E-state index in [4.69, 9.17) is 9.72 Å². The van der Waals surface area contributed by atoms with Crippen molar-refractivity contribution in [3.8, 4) is 11.9 Å². The van der Waals surface area contributed by atoms with Crippen molar-refractivity contribution in [2.75, 3.05) is 49.6 Å². The van der Waals surface area contributed by atoms with Gasteiger partial charge in [-0.1, -0.05) is 0 Å². The number of piperazine rings is 1. The first-order chi connectivity index (χ1) is 16.8. The minimum absolute atomic E-state index is 0.000730. The molecule has 2 saturated heterocycles. The lowest BCUT2D eigenvalue weighted by atomic mass is 10.0. The molecular formula is C25H30N8O2. The SMILES string of the molecule is COC(C)(C)C(=O)N1CCN(c2ncnc3c2c(N2CCC2)cn3-c2cc(C#N)ccn2)C[C@H]1C. The number of methoxy groups -OCH3 is 1. The predicted octanol–water partition coefficient (Wildman–Crippen LogP) is 2.36.